The Bertz CT molecular complexity index is 414. The second kappa shape index (κ2) is 5.85. The summed E-state index contributed by atoms with van der Waals surface area (Å²) >= 11 is 3.39. The van der Waals surface area contributed by atoms with Gasteiger partial charge in [0.1, 0.15) is 0 Å². The van der Waals surface area contributed by atoms with Crippen molar-refractivity contribution in [1.82, 2.24) is 4.90 Å². The third-order valence-corrected chi connectivity index (χ3v) is 4.10. The Hall–Kier alpha value is -0.870. The molecule has 2 rings (SSSR count). The molecule has 3 nitrogen and oxygen atoms in total. The number of rotatable bonds is 5. The highest BCUT2D eigenvalue weighted by Gasteiger charge is 2.34. The molecule has 0 spiro atoms. The molecule has 98 valence electrons. The monoisotopic (exact) mass is 310 g/mol. The molecule has 1 aromatic rings. The van der Waals surface area contributed by atoms with Crippen LogP contribution in [0.4, 0.5) is 0 Å². The molecule has 2 N–H and O–H groups in total. The Morgan fingerprint density at radius 2 is 2.06 bits per heavy atom. The Balaban J connectivity index is 1.96. The van der Waals surface area contributed by atoms with Crippen molar-refractivity contribution in [2.75, 3.05) is 13.6 Å². The molecule has 1 amide bonds. The highest BCUT2D eigenvalue weighted by atomic mass is 79.9. The van der Waals surface area contributed by atoms with Gasteiger partial charge in [-0.05, 0) is 36.5 Å². The van der Waals surface area contributed by atoms with Gasteiger partial charge >= 0.3 is 0 Å². The van der Waals surface area contributed by atoms with E-state index < -0.39 is 0 Å². The standard InChI is InChI=1S/C14H19BrN2O/c1-17(13(9-16)11-4-5-11)14(18)8-10-2-6-12(15)7-3-10/h2-3,6-7,11,13H,4-5,8-9,16H2,1H3. The largest absolute Gasteiger partial charge is 0.341 e. The molecule has 0 saturated heterocycles. The van der Waals surface area contributed by atoms with E-state index in [0.717, 1.165) is 10.0 Å². The van der Waals surface area contributed by atoms with E-state index in [9.17, 15) is 4.79 Å². The first kappa shape index (κ1) is 13.6. The zero-order chi connectivity index (χ0) is 13.1. The van der Waals surface area contributed by atoms with E-state index in [1.807, 2.05) is 36.2 Å². The van der Waals surface area contributed by atoms with Gasteiger partial charge in [0.05, 0.1) is 6.42 Å². The fraction of sp³-hybridized carbons (Fsp3) is 0.500. The lowest BCUT2D eigenvalue weighted by Gasteiger charge is -2.27. The molecular weight excluding hydrogens is 292 g/mol. The van der Waals surface area contributed by atoms with E-state index in [1.54, 1.807) is 0 Å². The number of benzene rings is 1. The topological polar surface area (TPSA) is 46.3 Å². The summed E-state index contributed by atoms with van der Waals surface area (Å²) in [7, 11) is 1.87. The molecule has 1 unspecified atom stereocenters. The number of likely N-dealkylation sites (N-methyl/N-ethyl adjacent to an activating group) is 1. The summed E-state index contributed by atoms with van der Waals surface area (Å²) < 4.78 is 1.03. The van der Waals surface area contributed by atoms with Gasteiger partial charge in [-0.3, -0.25) is 4.79 Å². The molecule has 0 radical (unpaired) electrons. The molecule has 4 heteroatoms. The summed E-state index contributed by atoms with van der Waals surface area (Å²) in [6.07, 6.45) is 2.86. The van der Waals surface area contributed by atoms with E-state index in [2.05, 4.69) is 15.9 Å². The number of nitrogens with zero attached hydrogens (tertiary/aromatic N) is 1. The van der Waals surface area contributed by atoms with E-state index in [4.69, 9.17) is 5.73 Å². The summed E-state index contributed by atoms with van der Waals surface area (Å²) in [5.74, 6) is 0.772. The van der Waals surface area contributed by atoms with Gasteiger partial charge in [-0.15, -0.1) is 0 Å². The van der Waals surface area contributed by atoms with Crippen molar-refractivity contribution < 1.29 is 4.79 Å². The summed E-state index contributed by atoms with van der Waals surface area (Å²) in [5.41, 5.74) is 6.81. The lowest BCUT2D eigenvalue weighted by atomic mass is 10.1. The van der Waals surface area contributed by atoms with Gasteiger partial charge in [0, 0.05) is 24.1 Å². The predicted octanol–water partition coefficient (Wildman–Crippen LogP) is 2.19. The normalized spacial score (nSPS) is 16.4. The van der Waals surface area contributed by atoms with Gasteiger partial charge in [-0.25, -0.2) is 0 Å². The SMILES string of the molecule is CN(C(=O)Cc1ccc(Br)cc1)C(CN)C1CC1. The van der Waals surface area contributed by atoms with Crippen molar-refractivity contribution in [3.8, 4) is 0 Å². The lowest BCUT2D eigenvalue weighted by molar-refractivity contribution is -0.131. The third kappa shape index (κ3) is 3.33. The Morgan fingerprint density at radius 3 is 2.56 bits per heavy atom. The number of halogens is 1. The van der Waals surface area contributed by atoms with E-state index in [-0.39, 0.29) is 11.9 Å². The summed E-state index contributed by atoms with van der Waals surface area (Å²) in [5, 5.41) is 0. The average molecular weight is 311 g/mol. The number of hydrogen-bond donors (Lipinski definition) is 1. The minimum absolute atomic E-state index is 0.152. The minimum atomic E-state index is 0.152. The van der Waals surface area contributed by atoms with Crippen molar-refractivity contribution >= 4 is 21.8 Å². The molecule has 1 saturated carbocycles. The predicted molar refractivity (Wildman–Crippen MR) is 76.2 cm³/mol. The molecule has 1 atom stereocenters. The quantitative estimate of drug-likeness (QED) is 0.906. The third-order valence-electron chi connectivity index (χ3n) is 3.57. The molecule has 0 aromatic heterocycles. The van der Waals surface area contributed by atoms with Crippen molar-refractivity contribution in [3.63, 3.8) is 0 Å². The molecule has 1 fully saturated rings. The highest BCUT2D eigenvalue weighted by molar-refractivity contribution is 9.10. The van der Waals surface area contributed by atoms with Gasteiger partial charge in [0.25, 0.3) is 0 Å². The van der Waals surface area contributed by atoms with Crippen LogP contribution in [-0.2, 0) is 11.2 Å². The van der Waals surface area contributed by atoms with Crippen molar-refractivity contribution in [2.45, 2.75) is 25.3 Å². The summed E-state index contributed by atoms with van der Waals surface area (Å²) in [6.45, 7) is 0.563. The zero-order valence-corrected chi connectivity index (χ0v) is 12.2. The van der Waals surface area contributed by atoms with Crippen LogP contribution in [0.15, 0.2) is 28.7 Å². The maximum absolute atomic E-state index is 12.2. The maximum Gasteiger partial charge on any atom is 0.227 e. The first-order valence-corrected chi connectivity index (χ1v) is 7.11. The second-order valence-corrected chi connectivity index (χ2v) is 5.86. The average Bonchev–Trinajstić information content (AvgIpc) is 3.17. The molecular formula is C14H19BrN2O. The molecule has 0 aliphatic heterocycles. The zero-order valence-electron chi connectivity index (χ0n) is 10.6. The molecule has 18 heavy (non-hydrogen) atoms. The van der Waals surface area contributed by atoms with Crippen molar-refractivity contribution in [3.05, 3.63) is 34.3 Å². The minimum Gasteiger partial charge on any atom is -0.341 e. The molecule has 1 aliphatic rings. The lowest BCUT2D eigenvalue weighted by Crippen LogP contribution is -2.43. The van der Waals surface area contributed by atoms with Crippen LogP contribution >= 0.6 is 15.9 Å². The molecule has 1 aliphatic carbocycles. The van der Waals surface area contributed by atoms with Gasteiger partial charge in [0.2, 0.25) is 5.91 Å². The van der Waals surface area contributed by atoms with E-state index in [1.165, 1.54) is 12.8 Å². The number of amides is 1. The molecule has 0 bridgehead atoms. The van der Waals surface area contributed by atoms with Crippen LogP contribution < -0.4 is 5.73 Å². The van der Waals surface area contributed by atoms with Crippen LogP contribution in [0, 0.1) is 5.92 Å². The van der Waals surface area contributed by atoms with Crippen molar-refractivity contribution in [2.24, 2.45) is 11.7 Å². The summed E-state index contributed by atoms with van der Waals surface area (Å²) in [6, 6.07) is 8.09. The number of hydrogen-bond acceptors (Lipinski definition) is 2. The van der Waals surface area contributed by atoms with Crippen LogP contribution in [0.3, 0.4) is 0 Å². The van der Waals surface area contributed by atoms with Gasteiger partial charge in [-0.1, -0.05) is 28.1 Å². The summed E-state index contributed by atoms with van der Waals surface area (Å²) in [4.78, 5) is 14.0. The second-order valence-electron chi connectivity index (χ2n) is 4.95. The first-order valence-electron chi connectivity index (χ1n) is 6.32. The van der Waals surface area contributed by atoms with Gasteiger partial charge in [-0.2, -0.15) is 0 Å². The number of nitrogens with two attached hydrogens (primary N) is 1. The van der Waals surface area contributed by atoms with Gasteiger partial charge in [0.15, 0.2) is 0 Å². The van der Waals surface area contributed by atoms with E-state index >= 15 is 0 Å². The fourth-order valence-corrected chi connectivity index (χ4v) is 2.50. The number of carbonyl (C=O) groups excluding carboxylic acids is 1. The van der Waals surface area contributed by atoms with Crippen LogP contribution in [0.25, 0.3) is 0 Å². The van der Waals surface area contributed by atoms with Crippen LogP contribution in [0.2, 0.25) is 0 Å². The smallest absolute Gasteiger partial charge is 0.227 e. The Morgan fingerprint density at radius 1 is 1.44 bits per heavy atom. The Kier molecular flexibility index (Phi) is 4.40. The molecule has 1 aromatic carbocycles. The molecule has 0 heterocycles. The maximum atomic E-state index is 12.2. The highest BCUT2D eigenvalue weighted by Crippen LogP contribution is 2.34. The fourth-order valence-electron chi connectivity index (χ4n) is 2.23. The van der Waals surface area contributed by atoms with E-state index in [0.29, 0.717) is 18.9 Å². The van der Waals surface area contributed by atoms with Crippen molar-refractivity contribution in [1.29, 1.82) is 0 Å². The first-order chi connectivity index (χ1) is 8.61. The van der Waals surface area contributed by atoms with Gasteiger partial charge < -0.3 is 10.6 Å². The van der Waals surface area contributed by atoms with Crippen LogP contribution in [0.1, 0.15) is 18.4 Å². The Labute approximate surface area is 116 Å². The number of carbonyl (C=O) groups is 1. The van der Waals surface area contributed by atoms with Crippen LogP contribution in [0.5, 0.6) is 0 Å². The van der Waals surface area contributed by atoms with Crippen LogP contribution in [-0.4, -0.2) is 30.4 Å².